The molecule has 2 rings (SSSR count). The number of aliphatic carboxylic acids is 1. The molecule has 86 valence electrons. The molecule has 0 atom stereocenters. The summed E-state index contributed by atoms with van der Waals surface area (Å²) < 4.78 is 0. The van der Waals surface area contributed by atoms with Gasteiger partial charge in [0.05, 0.1) is 0 Å². The summed E-state index contributed by atoms with van der Waals surface area (Å²) in [5, 5.41) is 8.46. The van der Waals surface area contributed by atoms with Gasteiger partial charge in [-0.15, -0.1) is 0 Å². The van der Waals surface area contributed by atoms with Crippen LogP contribution in [-0.4, -0.2) is 35.6 Å². The zero-order valence-electron chi connectivity index (χ0n) is 9.37. The van der Waals surface area contributed by atoms with E-state index in [1.807, 2.05) is 0 Å². The molecule has 0 unspecified atom stereocenters. The molecule has 0 aromatic rings. The Morgan fingerprint density at radius 3 is 2.40 bits per heavy atom. The van der Waals surface area contributed by atoms with Crippen LogP contribution in [0.1, 0.15) is 44.9 Å². The maximum Gasteiger partial charge on any atom is 0.303 e. The SMILES string of the molecule is O=C(O)CCCCCCN1CC2(CC2)C1. The van der Waals surface area contributed by atoms with Crippen LogP contribution in [0.15, 0.2) is 0 Å². The molecule has 15 heavy (non-hydrogen) atoms. The molecule has 1 saturated heterocycles. The van der Waals surface area contributed by atoms with Crippen molar-refractivity contribution in [3.05, 3.63) is 0 Å². The molecule has 1 heterocycles. The van der Waals surface area contributed by atoms with E-state index in [0.29, 0.717) is 6.42 Å². The lowest BCUT2D eigenvalue weighted by Crippen LogP contribution is -2.48. The number of carboxylic acid groups (broad SMARTS) is 1. The van der Waals surface area contributed by atoms with Crippen LogP contribution in [0.25, 0.3) is 0 Å². The van der Waals surface area contributed by atoms with E-state index >= 15 is 0 Å². The highest BCUT2D eigenvalue weighted by atomic mass is 16.4. The Labute approximate surface area is 91.5 Å². The van der Waals surface area contributed by atoms with E-state index in [-0.39, 0.29) is 0 Å². The normalized spacial score (nSPS) is 22.7. The molecule has 1 saturated carbocycles. The van der Waals surface area contributed by atoms with Gasteiger partial charge in [-0.05, 0) is 37.6 Å². The third-order valence-corrected chi connectivity index (χ3v) is 3.69. The van der Waals surface area contributed by atoms with Gasteiger partial charge in [0.2, 0.25) is 0 Å². The minimum atomic E-state index is -0.659. The second-order valence-corrected chi connectivity index (χ2v) is 5.27. The zero-order valence-corrected chi connectivity index (χ0v) is 9.37. The van der Waals surface area contributed by atoms with Crippen molar-refractivity contribution in [2.24, 2.45) is 5.41 Å². The van der Waals surface area contributed by atoms with Crippen molar-refractivity contribution in [3.63, 3.8) is 0 Å². The zero-order chi connectivity index (χ0) is 10.7. The van der Waals surface area contributed by atoms with Crippen LogP contribution in [0.2, 0.25) is 0 Å². The maximum absolute atomic E-state index is 10.3. The van der Waals surface area contributed by atoms with Gasteiger partial charge in [0.25, 0.3) is 0 Å². The van der Waals surface area contributed by atoms with Crippen molar-refractivity contribution < 1.29 is 9.90 Å². The van der Waals surface area contributed by atoms with E-state index in [1.165, 1.54) is 45.3 Å². The fourth-order valence-electron chi connectivity index (χ4n) is 2.52. The molecule has 2 aliphatic rings. The molecular weight excluding hydrogens is 190 g/mol. The van der Waals surface area contributed by atoms with Crippen LogP contribution in [0, 0.1) is 5.41 Å². The standard InChI is InChI=1S/C12H21NO2/c14-11(15)5-3-1-2-4-8-13-9-12(10-13)6-7-12/h1-10H2,(H,14,15). The van der Waals surface area contributed by atoms with E-state index in [1.54, 1.807) is 0 Å². The number of hydrogen-bond acceptors (Lipinski definition) is 2. The van der Waals surface area contributed by atoms with Crippen molar-refractivity contribution in [1.82, 2.24) is 4.90 Å². The number of carboxylic acids is 1. The van der Waals surface area contributed by atoms with Crippen LogP contribution in [0.5, 0.6) is 0 Å². The van der Waals surface area contributed by atoms with Gasteiger partial charge in [-0.1, -0.05) is 12.8 Å². The Balaban J connectivity index is 1.38. The van der Waals surface area contributed by atoms with Crippen LogP contribution in [0.3, 0.4) is 0 Å². The molecule has 1 aliphatic heterocycles. The summed E-state index contributed by atoms with van der Waals surface area (Å²) in [6.45, 7) is 3.90. The molecule has 1 spiro atoms. The lowest BCUT2D eigenvalue weighted by atomic mass is 9.96. The van der Waals surface area contributed by atoms with Gasteiger partial charge in [0.1, 0.15) is 0 Å². The van der Waals surface area contributed by atoms with Gasteiger partial charge in [-0.3, -0.25) is 4.79 Å². The van der Waals surface area contributed by atoms with E-state index in [2.05, 4.69) is 4.90 Å². The first-order valence-electron chi connectivity index (χ1n) is 6.14. The summed E-state index contributed by atoms with van der Waals surface area (Å²) >= 11 is 0. The van der Waals surface area contributed by atoms with Crippen molar-refractivity contribution >= 4 is 5.97 Å². The largest absolute Gasteiger partial charge is 0.481 e. The van der Waals surface area contributed by atoms with Gasteiger partial charge in [0, 0.05) is 19.5 Å². The average Bonchev–Trinajstić information content (AvgIpc) is 2.89. The number of rotatable bonds is 7. The van der Waals surface area contributed by atoms with Gasteiger partial charge in [0.15, 0.2) is 0 Å². The maximum atomic E-state index is 10.3. The fourth-order valence-corrected chi connectivity index (χ4v) is 2.52. The van der Waals surface area contributed by atoms with Gasteiger partial charge in [-0.2, -0.15) is 0 Å². The van der Waals surface area contributed by atoms with Gasteiger partial charge in [-0.25, -0.2) is 0 Å². The number of unbranched alkanes of at least 4 members (excludes halogenated alkanes) is 3. The van der Waals surface area contributed by atoms with Crippen LogP contribution in [-0.2, 0) is 4.79 Å². The fraction of sp³-hybridized carbons (Fsp3) is 0.917. The van der Waals surface area contributed by atoms with E-state index in [0.717, 1.165) is 18.3 Å². The van der Waals surface area contributed by atoms with Crippen LogP contribution in [0.4, 0.5) is 0 Å². The first-order valence-corrected chi connectivity index (χ1v) is 6.14. The van der Waals surface area contributed by atoms with Crippen molar-refractivity contribution in [2.75, 3.05) is 19.6 Å². The summed E-state index contributed by atoms with van der Waals surface area (Å²) in [7, 11) is 0. The summed E-state index contributed by atoms with van der Waals surface area (Å²) in [6.07, 6.45) is 7.62. The van der Waals surface area contributed by atoms with Crippen LogP contribution >= 0.6 is 0 Å². The summed E-state index contributed by atoms with van der Waals surface area (Å²) in [4.78, 5) is 12.8. The monoisotopic (exact) mass is 211 g/mol. The van der Waals surface area contributed by atoms with E-state index in [9.17, 15) is 4.79 Å². The second kappa shape index (κ2) is 4.52. The molecule has 1 N–H and O–H groups in total. The Morgan fingerprint density at radius 1 is 1.13 bits per heavy atom. The number of carbonyl (C=O) groups is 1. The molecule has 0 aromatic carbocycles. The third-order valence-electron chi connectivity index (χ3n) is 3.69. The predicted molar refractivity (Wildman–Crippen MR) is 58.8 cm³/mol. The Hall–Kier alpha value is -0.570. The van der Waals surface area contributed by atoms with Crippen molar-refractivity contribution in [1.29, 1.82) is 0 Å². The van der Waals surface area contributed by atoms with Crippen molar-refractivity contribution in [2.45, 2.75) is 44.9 Å². The molecule has 0 bridgehead atoms. The number of nitrogens with zero attached hydrogens (tertiary/aromatic N) is 1. The first-order chi connectivity index (χ1) is 7.20. The Kier molecular flexibility index (Phi) is 3.29. The van der Waals surface area contributed by atoms with Gasteiger partial charge < -0.3 is 10.0 Å². The molecule has 1 aliphatic carbocycles. The third kappa shape index (κ3) is 3.20. The quantitative estimate of drug-likeness (QED) is 0.656. The number of likely N-dealkylation sites (tertiary alicyclic amines) is 1. The number of hydrogen-bond donors (Lipinski definition) is 1. The molecule has 0 aromatic heterocycles. The molecular formula is C12H21NO2. The molecule has 0 radical (unpaired) electrons. The van der Waals surface area contributed by atoms with E-state index < -0.39 is 5.97 Å². The molecule has 3 nitrogen and oxygen atoms in total. The highest BCUT2D eigenvalue weighted by Crippen LogP contribution is 2.52. The van der Waals surface area contributed by atoms with Crippen molar-refractivity contribution in [3.8, 4) is 0 Å². The van der Waals surface area contributed by atoms with Crippen LogP contribution < -0.4 is 0 Å². The second-order valence-electron chi connectivity index (χ2n) is 5.27. The van der Waals surface area contributed by atoms with E-state index in [4.69, 9.17) is 5.11 Å². The minimum absolute atomic E-state index is 0.340. The summed E-state index contributed by atoms with van der Waals surface area (Å²) in [6, 6.07) is 0. The molecule has 0 amide bonds. The highest BCUT2D eigenvalue weighted by Gasteiger charge is 2.51. The topological polar surface area (TPSA) is 40.5 Å². The summed E-state index contributed by atoms with van der Waals surface area (Å²) in [5.74, 6) is -0.659. The first kappa shape index (κ1) is 10.9. The highest BCUT2D eigenvalue weighted by molar-refractivity contribution is 5.66. The lowest BCUT2D eigenvalue weighted by molar-refractivity contribution is -0.137. The lowest BCUT2D eigenvalue weighted by Gasteiger charge is -2.40. The molecule has 2 fully saturated rings. The predicted octanol–water partition coefficient (Wildman–Crippen LogP) is 2.12. The Bertz CT molecular complexity index is 228. The minimum Gasteiger partial charge on any atom is -0.481 e. The van der Waals surface area contributed by atoms with Gasteiger partial charge >= 0.3 is 5.97 Å². The molecule has 3 heteroatoms. The smallest absolute Gasteiger partial charge is 0.303 e. The Morgan fingerprint density at radius 2 is 1.80 bits per heavy atom. The average molecular weight is 211 g/mol. The summed E-state index contributed by atoms with van der Waals surface area (Å²) in [5.41, 5.74) is 0.781.